The lowest BCUT2D eigenvalue weighted by Crippen LogP contribution is -2.30. The van der Waals surface area contributed by atoms with Gasteiger partial charge in [0, 0.05) is 32.5 Å². The van der Waals surface area contributed by atoms with Crippen LogP contribution in [-0.2, 0) is 52.1 Å². The number of hydrogen-bond donors (Lipinski definition) is 0. The lowest BCUT2D eigenvalue weighted by atomic mass is 9.93. The molecule has 0 bridgehead atoms. The zero-order valence-corrected chi connectivity index (χ0v) is 46.2. The van der Waals surface area contributed by atoms with E-state index in [1.807, 2.05) is 54.6 Å². The number of hydrogen-bond acceptors (Lipinski definition) is 13. The second-order valence-electron chi connectivity index (χ2n) is 25.5. The zero-order chi connectivity index (χ0) is 52.8. The Morgan fingerprint density at radius 1 is 0.288 bits per heavy atom. The summed E-state index contributed by atoms with van der Waals surface area (Å²) in [5, 5.41) is 0. The van der Waals surface area contributed by atoms with Crippen LogP contribution in [-0.4, -0.2) is 78.4 Å². The molecule has 0 saturated heterocycles. The van der Waals surface area contributed by atoms with Gasteiger partial charge in [0.15, 0.2) is 0 Å². The van der Waals surface area contributed by atoms with Gasteiger partial charge in [0.25, 0.3) is 0 Å². The van der Waals surface area contributed by atoms with Gasteiger partial charge < -0.3 is 0 Å². The molecular formula is C57H72N16. The predicted molar refractivity (Wildman–Crippen MR) is 289 cm³/mol. The highest BCUT2D eigenvalue weighted by Gasteiger charge is 2.32. The van der Waals surface area contributed by atoms with Gasteiger partial charge >= 0.3 is 0 Å². The highest BCUT2D eigenvalue weighted by molar-refractivity contribution is 5.79. The van der Waals surface area contributed by atoms with Crippen molar-refractivity contribution >= 4 is 33.1 Å². The summed E-state index contributed by atoms with van der Waals surface area (Å²) in [6.07, 6.45) is 0. The fourth-order valence-corrected chi connectivity index (χ4v) is 8.39. The lowest BCUT2D eigenvalue weighted by Gasteiger charge is -2.26. The normalized spacial score (nSPS) is 13.4. The van der Waals surface area contributed by atoms with Gasteiger partial charge in [-0.25, -0.2) is 29.9 Å². The zero-order valence-electron chi connectivity index (χ0n) is 46.2. The molecule has 6 heterocycles. The predicted octanol–water partition coefficient (Wildman–Crippen LogP) is 11.2. The molecule has 0 unspecified atom stereocenters. The number of aromatic nitrogens is 15. The summed E-state index contributed by atoms with van der Waals surface area (Å²) in [5.74, 6) is 7.94. The van der Waals surface area contributed by atoms with Crippen LogP contribution in [0.4, 0.5) is 0 Å². The standard InChI is InChI=1S/C57H72N16/c1-52(2,3)43-61-44(53(4,5)6)65-49(64-43)71-37-28-22-19-25-34(37)58-40(71)31-70(32-41-59-35-26-20-23-29-38(35)72(41)50-66-45(54(7,8)9)62-46(67-50)55(10,11)12)33-42-60-36-27-21-24-30-39(36)73(42)51-68-47(56(13,14)15)63-48(69-51)57(16,17)18/h19-30H,31-33H2,1-18H3. The first-order valence-corrected chi connectivity index (χ1v) is 25.4. The highest BCUT2D eigenvalue weighted by atomic mass is 15.3. The van der Waals surface area contributed by atoms with Gasteiger partial charge in [0.1, 0.15) is 52.4 Å². The Morgan fingerprint density at radius 2 is 0.493 bits per heavy atom. The molecule has 380 valence electrons. The van der Waals surface area contributed by atoms with Crippen LogP contribution in [0.5, 0.6) is 0 Å². The lowest BCUT2D eigenvalue weighted by molar-refractivity contribution is 0.226. The van der Waals surface area contributed by atoms with Crippen molar-refractivity contribution in [3.05, 3.63) is 125 Å². The molecule has 16 nitrogen and oxygen atoms in total. The minimum Gasteiger partial charge on any atom is -0.281 e. The highest BCUT2D eigenvalue weighted by Crippen LogP contribution is 2.32. The molecule has 0 atom stereocenters. The average molecular weight is 981 g/mol. The number of nitrogens with zero attached hydrogens (tertiary/aromatic N) is 16. The molecule has 0 saturated carbocycles. The summed E-state index contributed by atoms with van der Waals surface area (Å²) in [7, 11) is 0. The van der Waals surface area contributed by atoms with Crippen molar-refractivity contribution in [3.63, 3.8) is 0 Å². The Labute approximate surface area is 429 Å². The third kappa shape index (κ3) is 10.4. The molecule has 0 N–H and O–H groups in total. The molecule has 0 aliphatic heterocycles. The van der Waals surface area contributed by atoms with Gasteiger partial charge in [-0.3, -0.25) is 18.6 Å². The van der Waals surface area contributed by atoms with Crippen LogP contribution in [0.3, 0.4) is 0 Å². The summed E-state index contributed by atoms with van der Waals surface area (Å²) in [6, 6.07) is 24.5. The van der Waals surface area contributed by atoms with Crippen molar-refractivity contribution < 1.29 is 0 Å². The van der Waals surface area contributed by atoms with E-state index in [9.17, 15) is 0 Å². The van der Waals surface area contributed by atoms with Crippen LogP contribution >= 0.6 is 0 Å². The van der Waals surface area contributed by atoms with Gasteiger partial charge in [-0.1, -0.05) is 161 Å². The Kier molecular flexibility index (Phi) is 12.5. The summed E-state index contributed by atoms with van der Waals surface area (Å²) in [4.78, 5) is 65.0. The monoisotopic (exact) mass is 981 g/mol. The Bertz CT molecular complexity index is 3050. The molecular weight excluding hydrogens is 909 g/mol. The van der Waals surface area contributed by atoms with E-state index in [0.29, 0.717) is 72.4 Å². The maximum atomic E-state index is 5.40. The van der Waals surface area contributed by atoms with E-state index in [0.717, 1.165) is 50.6 Å². The molecule has 16 heteroatoms. The fourth-order valence-electron chi connectivity index (χ4n) is 8.39. The number of rotatable bonds is 9. The van der Waals surface area contributed by atoms with E-state index in [1.165, 1.54) is 0 Å². The molecule has 9 rings (SSSR count). The first-order chi connectivity index (χ1) is 33.9. The third-order valence-electron chi connectivity index (χ3n) is 12.5. The number of imidazole rings is 3. The van der Waals surface area contributed by atoms with Crippen molar-refractivity contribution in [2.75, 3.05) is 0 Å². The minimum atomic E-state index is -0.359. The molecule has 3 aromatic carbocycles. The van der Waals surface area contributed by atoms with Gasteiger partial charge in [-0.05, 0) is 36.4 Å². The molecule has 0 spiro atoms. The van der Waals surface area contributed by atoms with Gasteiger partial charge in [0.05, 0.1) is 52.7 Å². The van der Waals surface area contributed by atoms with E-state index < -0.39 is 0 Å². The van der Waals surface area contributed by atoms with E-state index >= 15 is 0 Å². The minimum absolute atomic E-state index is 0.317. The van der Waals surface area contributed by atoms with Crippen LogP contribution in [0, 0.1) is 0 Å². The summed E-state index contributed by atoms with van der Waals surface area (Å²) >= 11 is 0. The van der Waals surface area contributed by atoms with Crippen LogP contribution in [0.25, 0.3) is 50.9 Å². The second kappa shape index (κ2) is 17.9. The van der Waals surface area contributed by atoms with Gasteiger partial charge in [0.2, 0.25) is 17.8 Å². The smallest absolute Gasteiger partial charge is 0.239 e. The van der Waals surface area contributed by atoms with E-state index in [4.69, 9.17) is 59.8 Å². The molecule has 0 radical (unpaired) electrons. The topological polar surface area (TPSA) is 173 Å². The molecule has 0 aliphatic carbocycles. The van der Waals surface area contributed by atoms with Crippen molar-refractivity contribution in [1.29, 1.82) is 0 Å². The number of para-hydroxylation sites is 6. The van der Waals surface area contributed by atoms with Crippen molar-refractivity contribution in [1.82, 2.24) is 78.4 Å². The Hall–Kier alpha value is -6.94. The van der Waals surface area contributed by atoms with E-state index in [1.54, 1.807) is 0 Å². The first kappa shape index (κ1) is 51.0. The van der Waals surface area contributed by atoms with Crippen LogP contribution in [0.2, 0.25) is 0 Å². The maximum absolute atomic E-state index is 5.40. The van der Waals surface area contributed by atoms with Crippen molar-refractivity contribution in [3.8, 4) is 17.8 Å². The molecule has 0 aliphatic rings. The molecule has 9 aromatic rings. The van der Waals surface area contributed by atoms with Gasteiger partial charge in [-0.2, -0.15) is 29.9 Å². The quantitative estimate of drug-likeness (QED) is 0.134. The number of fused-ring (bicyclic) bond motifs is 3. The average Bonchev–Trinajstić information content (AvgIpc) is 3.97. The van der Waals surface area contributed by atoms with Crippen LogP contribution in [0.15, 0.2) is 72.8 Å². The SMILES string of the molecule is CC(C)(C)c1nc(-n2c(CN(Cc3nc4ccccc4n3-c3nc(C(C)(C)C)nc(C(C)(C)C)n3)Cc3nc4ccccc4n3-c3nc(C(C)(C)C)nc(C(C)(C)C)n3)nc3ccccc32)nc(C(C)(C)C)n1. The first-order valence-electron chi connectivity index (χ1n) is 25.4. The van der Waals surface area contributed by atoms with Crippen LogP contribution < -0.4 is 0 Å². The van der Waals surface area contributed by atoms with Crippen LogP contribution in [0.1, 0.15) is 177 Å². The summed E-state index contributed by atoms with van der Waals surface area (Å²) in [5.41, 5.74) is 2.94. The van der Waals surface area contributed by atoms with Crippen molar-refractivity contribution in [2.45, 2.75) is 177 Å². The molecule has 0 fully saturated rings. The largest absolute Gasteiger partial charge is 0.281 e. The second-order valence-corrected chi connectivity index (χ2v) is 25.5. The fraction of sp³-hybridized carbons (Fsp3) is 0.474. The van der Waals surface area contributed by atoms with E-state index in [-0.39, 0.29) is 32.5 Å². The summed E-state index contributed by atoms with van der Waals surface area (Å²) < 4.78 is 6.28. The molecule has 73 heavy (non-hydrogen) atoms. The molecule has 6 aromatic heterocycles. The Morgan fingerprint density at radius 3 is 0.699 bits per heavy atom. The van der Waals surface area contributed by atoms with Gasteiger partial charge in [-0.15, -0.1) is 0 Å². The van der Waals surface area contributed by atoms with E-state index in [2.05, 4.69) is 161 Å². The molecule has 0 amide bonds. The maximum Gasteiger partial charge on any atom is 0.239 e. The third-order valence-corrected chi connectivity index (χ3v) is 12.5. The number of benzene rings is 3. The van der Waals surface area contributed by atoms with Crippen molar-refractivity contribution in [2.24, 2.45) is 0 Å². The Balaban J connectivity index is 1.30. The summed E-state index contributed by atoms with van der Waals surface area (Å²) in [6.45, 7) is 39.3.